The number of nitrogens with one attached hydrogen (secondary N) is 1. The maximum atomic E-state index is 12.4. The average Bonchev–Trinajstić information content (AvgIpc) is 2.60. The third-order valence-electron chi connectivity index (χ3n) is 3.78. The molecule has 0 atom stereocenters. The third kappa shape index (κ3) is 5.35. The van der Waals surface area contributed by atoms with Crippen molar-refractivity contribution < 1.29 is 9.53 Å². The van der Waals surface area contributed by atoms with Gasteiger partial charge in [0.25, 0.3) is 5.91 Å². The van der Waals surface area contributed by atoms with Crippen LogP contribution < -0.4 is 10.1 Å². The number of hydrogen-bond donors (Lipinski definition) is 1. The number of amides is 1. The van der Waals surface area contributed by atoms with E-state index in [-0.39, 0.29) is 5.91 Å². The molecule has 0 fully saturated rings. The van der Waals surface area contributed by atoms with E-state index in [4.69, 9.17) is 4.74 Å². The summed E-state index contributed by atoms with van der Waals surface area (Å²) in [5.74, 6) is 0.532. The number of anilines is 1. The zero-order valence-electron chi connectivity index (χ0n) is 14.1. The number of likely N-dealkylation sites (N-methyl/N-ethyl adjacent to an activating group) is 1. The summed E-state index contributed by atoms with van der Waals surface area (Å²) in [6, 6.07) is 14.8. The second-order valence-electron chi connectivity index (χ2n) is 5.34. The van der Waals surface area contributed by atoms with E-state index in [9.17, 15) is 4.79 Å². The first kappa shape index (κ1) is 18.5. The Labute approximate surface area is 151 Å². The van der Waals surface area contributed by atoms with Crippen LogP contribution in [-0.2, 0) is 0 Å². The van der Waals surface area contributed by atoms with Crippen LogP contribution in [0.15, 0.2) is 53.0 Å². The molecule has 0 saturated carbocycles. The molecule has 2 aromatic rings. The fraction of sp³-hybridized carbons (Fsp3) is 0.316. The van der Waals surface area contributed by atoms with Crippen molar-refractivity contribution in [3.63, 3.8) is 0 Å². The monoisotopic (exact) mass is 390 g/mol. The number of para-hydroxylation sites is 2. The van der Waals surface area contributed by atoms with Crippen LogP contribution in [0.25, 0.3) is 0 Å². The summed E-state index contributed by atoms with van der Waals surface area (Å²) < 4.78 is 6.74. The van der Waals surface area contributed by atoms with Gasteiger partial charge in [0.15, 0.2) is 0 Å². The Morgan fingerprint density at radius 2 is 1.88 bits per heavy atom. The third-order valence-corrected chi connectivity index (χ3v) is 4.27. The van der Waals surface area contributed by atoms with Gasteiger partial charge in [-0.05, 0) is 43.4 Å². The lowest BCUT2D eigenvalue weighted by molar-refractivity contribution is 0.102. The molecular formula is C19H23BrN2O2. The lowest BCUT2D eigenvalue weighted by Crippen LogP contribution is -2.28. The van der Waals surface area contributed by atoms with Gasteiger partial charge in [-0.3, -0.25) is 4.79 Å². The molecule has 0 bridgehead atoms. The minimum atomic E-state index is -0.156. The van der Waals surface area contributed by atoms with E-state index in [1.807, 2.05) is 36.4 Å². The van der Waals surface area contributed by atoms with Crippen LogP contribution in [0.5, 0.6) is 5.75 Å². The predicted molar refractivity (Wildman–Crippen MR) is 102 cm³/mol. The van der Waals surface area contributed by atoms with Crippen molar-refractivity contribution >= 4 is 27.5 Å². The molecule has 4 nitrogen and oxygen atoms in total. The Bertz CT molecular complexity index is 672. The first-order chi connectivity index (χ1) is 11.6. The number of hydrogen-bond acceptors (Lipinski definition) is 3. The van der Waals surface area contributed by atoms with Gasteiger partial charge in [-0.15, -0.1) is 0 Å². The SMILES string of the molecule is CCN(CC)CCOc1ccccc1NC(=O)c1cccc(Br)c1. The van der Waals surface area contributed by atoms with Crippen LogP contribution in [0.4, 0.5) is 5.69 Å². The van der Waals surface area contributed by atoms with Gasteiger partial charge in [-0.1, -0.05) is 48.0 Å². The van der Waals surface area contributed by atoms with Crippen molar-refractivity contribution in [2.45, 2.75) is 13.8 Å². The number of halogens is 1. The molecule has 128 valence electrons. The summed E-state index contributed by atoms with van der Waals surface area (Å²) in [5, 5.41) is 2.92. The Balaban J connectivity index is 2.02. The van der Waals surface area contributed by atoms with Gasteiger partial charge < -0.3 is 15.0 Å². The highest BCUT2D eigenvalue weighted by Gasteiger charge is 2.10. The highest BCUT2D eigenvalue weighted by Crippen LogP contribution is 2.24. The van der Waals surface area contributed by atoms with Gasteiger partial charge in [0.1, 0.15) is 12.4 Å². The van der Waals surface area contributed by atoms with Crippen LogP contribution in [0, 0.1) is 0 Å². The number of nitrogens with zero attached hydrogens (tertiary/aromatic N) is 1. The summed E-state index contributed by atoms with van der Waals surface area (Å²) in [5.41, 5.74) is 1.28. The standard InChI is InChI=1S/C19H23BrN2O2/c1-3-22(4-2)12-13-24-18-11-6-5-10-17(18)21-19(23)15-8-7-9-16(20)14-15/h5-11,14H,3-4,12-13H2,1-2H3,(H,21,23). The van der Waals surface area contributed by atoms with Crippen LogP contribution in [0.1, 0.15) is 24.2 Å². The molecule has 0 radical (unpaired) electrons. The quantitative estimate of drug-likeness (QED) is 0.724. The van der Waals surface area contributed by atoms with Crippen molar-refractivity contribution in [1.29, 1.82) is 0 Å². The average molecular weight is 391 g/mol. The molecule has 2 rings (SSSR count). The second-order valence-corrected chi connectivity index (χ2v) is 6.25. The summed E-state index contributed by atoms with van der Waals surface area (Å²) in [6.45, 7) is 7.72. The lowest BCUT2D eigenvalue weighted by Gasteiger charge is -2.19. The van der Waals surface area contributed by atoms with E-state index < -0.39 is 0 Å². The van der Waals surface area contributed by atoms with Crippen molar-refractivity contribution in [3.05, 3.63) is 58.6 Å². The molecule has 24 heavy (non-hydrogen) atoms. The fourth-order valence-corrected chi connectivity index (χ4v) is 2.74. The van der Waals surface area contributed by atoms with Crippen LogP contribution in [-0.4, -0.2) is 37.0 Å². The Hall–Kier alpha value is -1.85. The van der Waals surface area contributed by atoms with Crippen LogP contribution in [0.3, 0.4) is 0 Å². The molecule has 0 spiro atoms. The van der Waals surface area contributed by atoms with E-state index in [1.54, 1.807) is 12.1 Å². The number of carbonyl (C=O) groups excluding carboxylic acids is 1. The number of benzene rings is 2. The summed E-state index contributed by atoms with van der Waals surface area (Å²) in [7, 11) is 0. The number of ether oxygens (including phenoxy) is 1. The van der Waals surface area contributed by atoms with Crippen molar-refractivity contribution in [3.8, 4) is 5.75 Å². The van der Waals surface area contributed by atoms with Gasteiger partial charge in [0.05, 0.1) is 5.69 Å². The molecule has 1 amide bonds. The predicted octanol–water partition coefficient (Wildman–Crippen LogP) is 4.42. The van der Waals surface area contributed by atoms with Crippen molar-refractivity contribution in [2.24, 2.45) is 0 Å². The van der Waals surface area contributed by atoms with Crippen molar-refractivity contribution in [1.82, 2.24) is 4.90 Å². The molecule has 0 aromatic heterocycles. The fourth-order valence-electron chi connectivity index (χ4n) is 2.34. The van der Waals surface area contributed by atoms with Gasteiger partial charge in [-0.2, -0.15) is 0 Å². The molecular weight excluding hydrogens is 368 g/mol. The molecule has 1 N–H and O–H groups in total. The first-order valence-electron chi connectivity index (χ1n) is 8.15. The highest BCUT2D eigenvalue weighted by atomic mass is 79.9. The van der Waals surface area contributed by atoms with Gasteiger partial charge >= 0.3 is 0 Å². The van der Waals surface area contributed by atoms with E-state index in [1.165, 1.54) is 0 Å². The normalized spacial score (nSPS) is 10.7. The molecule has 2 aromatic carbocycles. The Morgan fingerprint density at radius 3 is 2.58 bits per heavy atom. The van der Waals surface area contributed by atoms with Gasteiger partial charge in [-0.25, -0.2) is 0 Å². The topological polar surface area (TPSA) is 41.6 Å². The maximum absolute atomic E-state index is 12.4. The van der Waals surface area contributed by atoms with Gasteiger partial charge in [0.2, 0.25) is 0 Å². The van der Waals surface area contributed by atoms with E-state index >= 15 is 0 Å². The van der Waals surface area contributed by atoms with Gasteiger partial charge in [0, 0.05) is 16.6 Å². The molecule has 0 heterocycles. The van der Waals surface area contributed by atoms with E-state index in [0.29, 0.717) is 23.6 Å². The van der Waals surface area contributed by atoms with Crippen LogP contribution >= 0.6 is 15.9 Å². The minimum absolute atomic E-state index is 0.156. The zero-order chi connectivity index (χ0) is 17.4. The molecule has 5 heteroatoms. The smallest absolute Gasteiger partial charge is 0.255 e. The second kappa shape index (κ2) is 9.45. The van der Waals surface area contributed by atoms with Crippen molar-refractivity contribution in [2.75, 3.05) is 31.6 Å². The maximum Gasteiger partial charge on any atom is 0.255 e. The number of carbonyl (C=O) groups is 1. The number of rotatable bonds is 8. The van der Waals surface area contributed by atoms with E-state index in [0.717, 1.165) is 24.1 Å². The zero-order valence-corrected chi connectivity index (χ0v) is 15.7. The summed E-state index contributed by atoms with van der Waals surface area (Å²) in [6.07, 6.45) is 0. The summed E-state index contributed by atoms with van der Waals surface area (Å²) >= 11 is 3.38. The highest BCUT2D eigenvalue weighted by molar-refractivity contribution is 9.10. The molecule has 0 saturated heterocycles. The Morgan fingerprint density at radius 1 is 1.12 bits per heavy atom. The van der Waals surface area contributed by atoms with Crippen LogP contribution in [0.2, 0.25) is 0 Å². The largest absolute Gasteiger partial charge is 0.490 e. The molecule has 0 aliphatic carbocycles. The summed E-state index contributed by atoms with van der Waals surface area (Å²) in [4.78, 5) is 14.7. The van der Waals surface area contributed by atoms with E-state index in [2.05, 4.69) is 40.0 Å². The molecule has 0 aliphatic heterocycles. The Kier molecular flexibility index (Phi) is 7.28. The minimum Gasteiger partial charge on any atom is -0.490 e. The molecule has 0 unspecified atom stereocenters. The molecule has 0 aliphatic rings. The lowest BCUT2D eigenvalue weighted by atomic mass is 10.2. The first-order valence-corrected chi connectivity index (χ1v) is 8.94.